The molecule has 0 aliphatic heterocycles. The van der Waals surface area contributed by atoms with Crippen molar-refractivity contribution in [2.75, 3.05) is 7.11 Å². The van der Waals surface area contributed by atoms with Crippen LogP contribution < -0.4 is 0 Å². The van der Waals surface area contributed by atoms with Gasteiger partial charge in [-0.1, -0.05) is 42.8 Å². The summed E-state index contributed by atoms with van der Waals surface area (Å²) in [6.45, 7) is 4.55. The molecule has 2 aromatic rings. The fourth-order valence-corrected chi connectivity index (χ4v) is 2.45. The van der Waals surface area contributed by atoms with E-state index in [0.717, 1.165) is 28.8 Å². The second-order valence-corrected chi connectivity index (χ2v) is 4.70. The summed E-state index contributed by atoms with van der Waals surface area (Å²) in [7, 11) is 1.68. The Hall–Kier alpha value is -1.45. The molecule has 0 unspecified atom stereocenters. The van der Waals surface area contributed by atoms with Crippen molar-refractivity contribution < 1.29 is 4.74 Å². The molecule has 3 nitrogen and oxygen atoms in total. The van der Waals surface area contributed by atoms with Crippen LogP contribution >= 0.6 is 11.6 Å². The summed E-state index contributed by atoms with van der Waals surface area (Å²) in [5.41, 5.74) is 3.97. The number of nitrogens with zero attached hydrogens (tertiary/aromatic N) is 2. The molecule has 0 atom stereocenters. The van der Waals surface area contributed by atoms with Gasteiger partial charge in [0.15, 0.2) is 5.82 Å². The minimum Gasteiger partial charge on any atom is -0.380 e. The van der Waals surface area contributed by atoms with Gasteiger partial charge >= 0.3 is 0 Å². The molecule has 0 radical (unpaired) electrons. The normalized spacial score (nSPS) is 10.7. The fourth-order valence-electron chi connectivity index (χ4n) is 2.10. The van der Waals surface area contributed by atoms with E-state index in [2.05, 4.69) is 16.9 Å². The molecule has 0 aliphatic carbocycles. The molecule has 1 aromatic carbocycles. The first-order valence-electron chi connectivity index (χ1n) is 6.27. The smallest absolute Gasteiger partial charge is 0.161 e. The Morgan fingerprint density at radius 3 is 2.58 bits per heavy atom. The fraction of sp³-hybridized carbons (Fsp3) is 0.333. The van der Waals surface area contributed by atoms with E-state index in [1.165, 1.54) is 0 Å². The van der Waals surface area contributed by atoms with E-state index < -0.39 is 0 Å². The van der Waals surface area contributed by atoms with Crippen molar-refractivity contribution in [1.82, 2.24) is 9.97 Å². The van der Waals surface area contributed by atoms with E-state index >= 15 is 0 Å². The summed E-state index contributed by atoms with van der Waals surface area (Å²) in [6, 6.07) is 7.95. The van der Waals surface area contributed by atoms with Crippen LogP contribution in [0.2, 0.25) is 5.15 Å². The molecule has 0 amide bonds. The summed E-state index contributed by atoms with van der Waals surface area (Å²) < 4.78 is 5.21. The Morgan fingerprint density at radius 1 is 1.21 bits per heavy atom. The third kappa shape index (κ3) is 2.94. The lowest BCUT2D eigenvalue weighted by Gasteiger charge is -2.11. The van der Waals surface area contributed by atoms with Gasteiger partial charge in [-0.3, -0.25) is 0 Å². The van der Waals surface area contributed by atoms with Crippen molar-refractivity contribution in [2.45, 2.75) is 26.9 Å². The lowest BCUT2D eigenvalue weighted by atomic mass is 10.1. The van der Waals surface area contributed by atoms with Crippen molar-refractivity contribution in [1.29, 1.82) is 0 Å². The van der Waals surface area contributed by atoms with Crippen LogP contribution in [0.25, 0.3) is 11.4 Å². The summed E-state index contributed by atoms with van der Waals surface area (Å²) in [5, 5.41) is 0.539. The average molecular weight is 277 g/mol. The molecule has 0 saturated heterocycles. The van der Waals surface area contributed by atoms with E-state index in [-0.39, 0.29) is 0 Å². The molecule has 0 fully saturated rings. The first-order valence-corrected chi connectivity index (χ1v) is 6.65. The molecule has 0 aliphatic rings. The Bertz CT molecular complexity index is 561. The zero-order chi connectivity index (χ0) is 13.8. The number of hydrogen-bond acceptors (Lipinski definition) is 3. The van der Waals surface area contributed by atoms with Crippen LogP contribution in [0, 0.1) is 6.92 Å². The van der Waals surface area contributed by atoms with Gasteiger partial charge < -0.3 is 4.74 Å². The lowest BCUT2D eigenvalue weighted by Crippen LogP contribution is -2.01. The average Bonchev–Trinajstić information content (AvgIpc) is 2.39. The number of aromatic nitrogens is 2. The second-order valence-electron chi connectivity index (χ2n) is 4.35. The van der Waals surface area contributed by atoms with Gasteiger partial charge in [0.25, 0.3) is 0 Å². The van der Waals surface area contributed by atoms with E-state index in [0.29, 0.717) is 17.6 Å². The second kappa shape index (κ2) is 6.13. The minimum absolute atomic E-state index is 0.533. The Balaban J connectivity index is 2.53. The molecule has 4 heteroatoms. The van der Waals surface area contributed by atoms with Crippen molar-refractivity contribution >= 4 is 11.6 Å². The minimum atomic E-state index is 0.533. The molecule has 100 valence electrons. The quantitative estimate of drug-likeness (QED) is 0.797. The molecule has 0 N–H and O–H groups in total. The standard InChI is InChI=1S/C15H17ClN2O/c1-4-12-10(2)17-15(18-14(12)16)13-8-6-5-7-11(13)9-19-3/h5-8H,4,9H2,1-3H3. The van der Waals surface area contributed by atoms with Gasteiger partial charge in [0, 0.05) is 23.9 Å². The molecule has 19 heavy (non-hydrogen) atoms. The zero-order valence-corrected chi connectivity index (χ0v) is 12.2. The number of methoxy groups -OCH3 is 1. The largest absolute Gasteiger partial charge is 0.380 e. The van der Waals surface area contributed by atoms with Gasteiger partial charge in [0.1, 0.15) is 5.15 Å². The maximum absolute atomic E-state index is 6.23. The van der Waals surface area contributed by atoms with Crippen LogP contribution in [-0.2, 0) is 17.8 Å². The zero-order valence-electron chi connectivity index (χ0n) is 11.4. The SMILES string of the molecule is CCc1c(C)nc(-c2ccccc2COC)nc1Cl. The van der Waals surface area contributed by atoms with Crippen molar-refractivity contribution in [2.24, 2.45) is 0 Å². The first kappa shape index (κ1) is 14.0. The molecule has 0 bridgehead atoms. The Morgan fingerprint density at radius 2 is 1.95 bits per heavy atom. The molecule has 1 heterocycles. The first-order chi connectivity index (χ1) is 9.17. The van der Waals surface area contributed by atoms with Crippen LogP contribution in [0.4, 0.5) is 0 Å². The van der Waals surface area contributed by atoms with Gasteiger partial charge in [-0.15, -0.1) is 0 Å². The van der Waals surface area contributed by atoms with Gasteiger partial charge in [-0.25, -0.2) is 9.97 Å². The van der Waals surface area contributed by atoms with E-state index in [1.54, 1.807) is 7.11 Å². The van der Waals surface area contributed by atoms with Crippen LogP contribution in [0.15, 0.2) is 24.3 Å². The predicted octanol–water partition coefficient (Wildman–Crippen LogP) is 3.81. The molecule has 0 spiro atoms. The highest BCUT2D eigenvalue weighted by Crippen LogP contribution is 2.25. The van der Waals surface area contributed by atoms with Gasteiger partial charge in [-0.2, -0.15) is 0 Å². The summed E-state index contributed by atoms with van der Waals surface area (Å²) >= 11 is 6.23. The predicted molar refractivity (Wildman–Crippen MR) is 77.3 cm³/mol. The third-order valence-electron chi connectivity index (χ3n) is 3.08. The highest BCUT2D eigenvalue weighted by atomic mass is 35.5. The number of rotatable bonds is 4. The van der Waals surface area contributed by atoms with Crippen LogP contribution in [0.3, 0.4) is 0 Å². The summed E-state index contributed by atoms with van der Waals surface area (Å²) in [5.74, 6) is 0.660. The van der Waals surface area contributed by atoms with Crippen molar-refractivity contribution in [3.05, 3.63) is 46.2 Å². The highest BCUT2D eigenvalue weighted by Gasteiger charge is 2.12. The number of benzene rings is 1. The third-order valence-corrected chi connectivity index (χ3v) is 3.39. The van der Waals surface area contributed by atoms with E-state index in [1.807, 2.05) is 31.2 Å². The highest BCUT2D eigenvalue weighted by molar-refractivity contribution is 6.30. The Kier molecular flexibility index (Phi) is 4.51. The van der Waals surface area contributed by atoms with E-state index in [4.69, 9.17) is 16.3 Å². The topological polar surface area (TPSA) is 35.0 Å². The van der Waals surface area contributed by atoms with Gasteiger partial charge in [0.05, 0.1) is 6.61 Å². The number of halogens is 1. The van der Waals surface area contributed by atoms with Gasteiger partial charge in [0.2, 0.25) is 0 Å². The Labute approximate surface area is 118 Å². The van der Waals surface area contributed by atoms with Gasteiger partial charge in [-0.05, 0) is 18.9 Å². The molecule has 0 saturated carbocycles. The van der Waals surface area contributed by atoms with Crippen molar-refractivity contribution in [3.63, 3.8) is 0 Å². The van der Waals surface area contributed by atoms with Crippen LogP contribution in [0.5, 0.6) is 0 Å². The summed E-state index contributed by atoms with van der Waals surface area (Å²) in [4.78, 5) is 8.98. The van der Waals surface area contributed by atoms with Crippen LogP contribution in [0.1, 0.15) is 23.7 Å². The summed E-state index contributed by atoms with van der Waals surface area (Å²) in [6.07, 6.45) is 0.838. The van der Waals surface area contributed by atoms with E-state index in [9.17, 15) is 0 Å². The number of aryl methyl sites for hydroxylation is 1. The molecular weight excluding hydrogens is 260 g/mol. The number of ether oxygens (including phenoxy) is 1. The molecule has 2 rings (SSSR count). The molecule has 1 aromatic heterocycles. The number of hydrogen-bond donors (Lipinski definition) is 0. The van der Waals surface area contributed by atoms with Crippen molar-refractivity contribution in [3.8, 4) is 11.4 Å². The maximum Gasteiger partial charge on any atom is 0.161 e. The monoisotopic (exact) mass is 276 g/mol. The molecular formula is C15H17ClN2O. The maximum atomic E-state index is 6.23. The lowest BCUT2D eigenvalue weighted by molar-refractivity contribution is 0.185. The van der Waals surface area contributed by atoms with Crippen LogP contribution in [-0.4, -0.2) is 17.1 Å².